The Morgan fingerprint density at radius 1 is 1.11 bits per heavy atom. The van der Waals surface area contributed by atoms with Crippen molar-refractivity contribution < 1.29 is 19.5 Å². The van der Waals surface area contributed by atoms with Crippen molar-refractivity contribution in [2.45, 2.75) is 83.5 Å². The fourth-order valence-corrected chi connectivity index (χ4v) is 4.84. The van der Waals surface area contributed by atoms with Crippen molar-refractivity contribution in [2.75, 3.05) is 13.1 Å². The molecular weight excluding hydrogens is 504 g/mol. The number of likely N-dealkylation sites (tertiary alicyclic amines) is 1. The van der Waals surface area contributed by atoms with Crippen molar-refractivity contribution in [3.05, 3.63) is 48.0 Å². The Labute approximate surface area is 232 Å². The summed E-state index contributed by atoms with van der Waals surface area (Å²) in [6.07, 6.45) is 2.11. The summed E-state index contributed by atoms with van der Waals surface area (Å²) in [7, 11) is 0. The first-order valence-electron chi connectivity index (χ1n) is 13.4. The van der Waals surface area contributed by atoms with Gasteiger partial charge in [0.1, 0.15) is 12.1 Å². The molecule has 1 fully saturated rings. The number of nitrogens with one attached hydrogen (secondary N) is 2. The van der Waals surface area contributed by atoms with E-state index in [2.05, 4.69) is 10.6 Å². The smallest absolute Gasteiger partial charge is 0.243 e. The van der Waals surface area contributed by atoms with Crippen LogP contribution >= 0.6 is 12.4 Å². The van der Waals surface area contributed by atoms with Crippen LogP contribution in [0.4, 0.5) is 0 Å². The Morgan fingerprint density at radius 3 is 2.39 bits per heavy atom. The van der Waals surface area contributed by atoms with Crippen LogP contribution in [-0.2, 0) is 20.8 Å². The lowest BCUT2D eigenvalue weighted by Crippen LogP contribution is -2.56. The molecule has 0 spiro atoms. The van der Waals surface area contributed by atoms with Gasteiger partial charge in [-0.3, -0.25) is 14.4 Å². The van der Waals surface area contributed by atoms with Gasteiger partial charge < -0.3 is 26.4 Å². The number of aliphatic hydroxyl groups excluding tert-OH is 1. The highest BCUT2D eigenvalue weighted by Crippen LogP contribution is 2.23. The lowest BCUT2D eigenvalue weighted by molar-refractivity contribution is -0.142. The molecule has 0 radical (unpaired) electrons. The number of fused-ring (bicyclic) bond motifs is 1. The van der Waals surface area contributed by atoms with Crippen molar-refractivity contribution >= 4 is 40.9 Å². The summed E-state index contributed by atoms with van der Waals surface area (Å²) in [5.74, 6) is -0.823. The van der Waals surface area contributed by atoms with E-state index in [0.717, 1.165) is 35.6 Å². The molecule has 3 amide bonds. The summed E-state index contributed by atoms with van der Waals surface area (Å²) in [5, 5.41) is 18.1. The van der Waals surface area contributed by atoms with Crippen LogP contribution in [-0.4, -0.2) is 64.5 Å². The largest absolute Gasteiger partial charge is 0.389 e. The van der Waals surface area contributed by atoms with Crippen LogP contribution in [0, 0.1) is 5.92 Å². The third-order valence-corrected chi connectivity index (χ3v) is 7.39. The van der Waals surface area contributed by atoms with Gasteiger partial charge in [-0.15, -0.1) is 12.4 Å². The zero-order valence-electron chi connectivity index (χ0n) is 22.9. The zero-order valence-corrected chi connectivity index (χ0v) is 23.7. The first-order valence-corrected chi connectivity index (χ1v) is 13.4. The van der Waals surface area contributed by atoms with Gasteiger partial charge >= 0.3 is 0 Å². The van der Waals surface area contributed by atoms with Crippen LogP contribution in [0.25, 0.3) is 10.8 Å². The Kier molecular flexibility index (Phi) is 11.6. The van der Waals surface area contributed by atoms with Crippen molar-refractivity contribution in [3.63, 3.8) is 0 Å². The van der Waals surface area contributed by atoms with Gasteiger partial charge in [0.05, 0.1) is 6.10 Å². The van der Waals surface area contributed by atoms with E-state index < -0.39 is 29.6 Å². The van der Waals surface area contributed by atoms with E-state index in [1.165, 1.54) is 0 Å². The fourth-order valence-electron chi connectivity index (χ4n) is 4.84. The highest BCUT2D eigenvalue weighted by molar-refractivity contribution is 5.93. The van der Waals surface area contributed by atoms with Gasteiger partial charge in [0.2, 0.25) is 17.7 Å². The third-order valence-electron chi connectivity index (χ3n) is 7.39. The first kappa shape index (κ1) is 31.5. The van der Waals surface area contributed by atoms with Crippen LogP contribution in [0.15, 0.2) is 42.5 Å². The molecule has 0 bridgehead atoms. The number of hydrogen-bond acceptors (Lipinski definition) is 5. The quantitative estimate of drug-likeness (QED) is 0.345. The molecule has 1 heterocycles. The third kappa shape index (κ3) is 7.91. The molecule has 2 aromatic rings. The molecule has 8 nitrogen and oxygen atoms in total. The van der Waals surface area contributed by atoms with Gasteiger partial charge in [-0.05, 0) is 55.9 Å². The maximum absolute atomic E-state index is 13.4. The fraction of sp³-hybridized carbons (Fsp3) is 0.552. The molecule has 2 unspecified atom stereocenters. The molecule has 5 N–H and O–H groups in total. The molecular formula is C29H43ClN4O4. The van der Waals surface area contributed by atoms with E-state index in [-0.39, 0.29) is 43.1 Å². The maximum atomic E-state index is 13.4. The average Bonchev–Trinajstić information content (AvgIpc) is 3.37. The number of rotatable bonds is 11. The molecule has 1 saturated heterocycles. The summed E-state index contributed by atoms with van der Waals surface area (Å²) < 4.78 is 0. The second-order valence-electron chi connectivity index (χ2n) is 10.7. The van der Waals surface area contributed by atoms with Gasteiger partial charge in [-0.2, -0.15) is 0 Å². The van der Waals surface area contributed by atoms with Crippen molar-refractivity contribution in [2.24, 2.45) is 11.7 Å². The summed E-state index contributed by atoms with van der Waals surface area (Å²) in [6, 6.07) is 12.5. The first-order chi connectivity index (χ1) is 17.5. The van der Waals surface area contributed by atoms with Gasteiger partial charge in [0.15, 0.2) is 0 Å². The van der Waals surface area contributed by atoms with Gasteiger partial charge in [-0.1, -0.05) is 56.3 Å². The SMILES string of the molecule is CCC(CC)C(=O)N1CCCC1C(=O)N[C@H](Cc1ccc2ccccc2c1)C(=O)NCC(O)C(C)(C)N.Cl. The highest BCUT2D eigenvalue weighted by Gasteiger charge is 2.37. The Bertz CT molecular complexity index is 1100. The van der Waals surface area contributed by atoms with Gasteiger partial charge in [0.25, 0.3) is 0 Å². The minimum atomic E-state index is -0.948. The second-order valence-corrected chi connectivity index (χ2v) is 10.7. The molecule has 1 aliphatic rings. The Morgan fingerprint density at radius 2 is 1.76 bits per heavy atom. The van der Waals surface area contributed by atoms with Crippen LogP contribution < -0.4 is 16.4 Å². The normalized spacial score (nSPS) is 17.1. The topological polar surface area (TPSA) is 125 Å². The number of carbonyl (C=O) groups is 3. The highest BCUT2D eigenvalue weighted by atomic mass is 35.5. The van der Waals surface area contributed by atoms with E-state index in [1.807, 2.05) is 56.3 Å². The lowest BCUT2D eigenvalue weighted by Gasteiger charge is -2.29. The predicted octanol–water partition coefficient (Wildman–Crippen LogP) is 2.93. The molecule has 1 aliphatic heterocycles. The van der Waals surface area contributed by atoms with Gasteiger partial charge in [-0.25, -0.2) is 0 Å². The zero-order chi connectivity index (χ0) is 27.2. The summed E-state index contributed by atoms with van der Waals surface area (Å²) >= 11 is 0. The molecule has 0 saturated carbocycles. The second kappa shape index (κ2) is 13.9. The van der Waals surface area contributed by atoms with Crippen LogP contribution in [0.1, 0.15) is 58.9 Å². The Balaban J connectivity index is 0.00000507. The lowest BCUT2D eigenvalue weighted by atomic mass is 9.98. The van der Waals surface area contributed by atoms with E-state index in [0.29, 0.717) is 13.0 Å². The number of nitrogens with two attached hydrogens (primary N) is 1. The van der Waals surface area contributed by atoms with E-state index in [1.54, 1.807) is 18.7 Å². The number of aliphatic hydroxyl groups is 1. The number of carbonyl (C=O) groups excluding carboxylic acids is 3. The van der Waals surface area contributed by atoms with Crippen molar-refractivity contribution in [3.8, 4) is 0 Å². The summed E-state index contributed by atoms with van der Waals surface area (Å²) in [4.78, 5) is 41.4. The van der Waals surface area contributed by atoms with Crippen LogP contribution in [0.3, 0.4) is 0 Å². The van der Waals surface area contributed by atoms with Crippen molar-refractivity contribution in [1.29, 1.82) is 0 Å². The predicted molar refractivity (Wildman–Crippen MR) is 153 cm³/mol. The number of benzene rings is 2. The number of amides is 3. The monoisotopic (exact) mass is 546 g/mol. The van der Waals surface area contributed by atoms with Crippen molar-refractivity contribution in [1.82, 2.24) is 15.5 Å². The van der Waals surface area contributed by atoms with Crippen LogP contribution in [0.2, 0.25) is 0 Å². The molecule has 3 atom stereocenters. The Hall–Kier alpha value is -2.68. The maximum Gasteiger partial charge on any atom is 0.243 e. The van der Waals surface area contributed by atoms with E-state index in [4.69, 9.17) is 5.73 Å². The number of hydrogen-bond donors (Lipinski definition) is 4. The van der Waals surface area contributed by atoms with E-state index >= 15 is 0 Å². The molecule has 2 aromatic carbocycles. The standard InChI is InChI=1S/C29H42N4O4.ClH/c1-5-20(6-2)28(37)33-15-9-12-24(33)27(36)32-23(26(35)31-18-25(34)29(3,4)30)17-19-13-14-21-10-7-8-11-22(21)16-19;/h7-8,10-11,13-14,16,20,23-25,34H,5-6,9,12,15,17-18,30H2,1-4H3,(H,31,35)(H,32,36);1H/t23-,24?,25?;/m1./s1. The summed E-state index contributed by atoms with van der Waals surface area (Å²) in [5.41, 5.74) is 5.98. The molecule has 210 valence electrons. The average molecular weight is 547 g/mol. The van der Waals surface area contributed by atoms with Crippen LogP contribution in [0.5, 0.6) is 0 Å². The number of halogens is 1. The molecule has 9 heteroatoms. The minimum Gasteiger partial charge on any atom is -0.389 e. The molecule has 3 rings (SSSR count). The molecule has 38 heavy (non-hydrogen) atoms. The molecule has 0 aliphatic carbocycles. The molecule has 0 aromatic heterocycles. The van der Waals surface area contributed by atoms with E-state index in [9.17, 15) is 19.5 Å². The van der Waals surface area contributed by atoms with Gasteiger partial charge in [0, 0.05) is 31.0 Å². The summed E-state index contributed by atoms with van der Waals surface area (Å²) in [6.45, 7) is 7.85. The minimum absolute atomic E-state index is 0. The number of nitrogens with zero attached hydrogens (tertiary/aromatic N) is 1.